The Kier molecular flexibility index (Phi) is 8.05. The minimum absolute atomic E-state index is 0.102. The number of likely N-dealkylation sites (tertiary alicyclic amines) is 1. The van der Waals surface area contributed by atoms with Crippen molar-refractivity contribution >= 4 is 22.8 Å². The van der Waals surface area contributed by atoms with Crippen molar-refractivity contribution in [2.75, 3.05) is 50.9 Å². The summed E-state index contributed by atoms with van der Waals surface area (Å²) in [5.41, 5.74) is 2.68. The molecule has 2 aromatic heterocycles. The van der Waals surface area contributed by atoms with Crippen LogP contribution >= 0.6 is 0 Å². The van der Waals surface area contributed by atoms with Gasteiger partial charge < -0.3 is 29.1 Å². The van der Waals surface area contributed by atoms with Crippen LogP contribution in [-0.2, 0) is 14.2 Å². The molecule has 11 nitrogen and oxygen atoms in total. The predicted octanol–water partition coefficient (Wildman–Crippen LogP) is 3.99. The number of rotatable bonds is 8. The van der Waals surface area contributed by atoms with E-state index in [1.165, 1.54) is 0 Å². The average molecular weight is 569 g/mol. The summed E-state index contributed by atoms with van der Waals surface area (Å²) < 4.78 is 34.2. The van der Waals surface area contributed by atoms with Crippen molar-refractivity contribution in [3.63, 3.8) is 0 Å². The molecule has 0 saturated carbocycles. The molecule has 3 atom stereocenters. The van der Waals surface area contributed by atoms with Crippen LogP contribution in [0.25, 0.3) is 16.7 Å². The second-order valence-corrected chi connectivity index (χ2v) is 11.2. The van der Waals surface area contributed by atoms with Crippen molar-refractivity contribution in [1.29, 1.82) is 0 Å². The largest absolute Gasteiger partial charge is 0.465 e. The zero-order valence-electron chi connectivity index (χ0n) is 23.5. The van der Waals surface area contributed by atoms with Gasteiger partial charge in [0.05, 0.1) is 37.6 Å². The quantitative estimate of drug-likeness (QED) is 0.403. The van der Waals surface area contributed by atoms with E-state index in [0.717, 1.165) is 71.7 Å². The minimum Gasteiger partial charge on any atom is -0.465 e. The number of amides is 1. The van der Waals surface area contributed by atoms with Gasteiger partial charge in [-0.3, -0.25) is 0 Å². The summed E-state index contributed by atoms with van der Waals surface area (Å²) in [5.74, 6) is 1.70. The smallest absolute Gasteiger partial charge is 0.407 e. The number of carboxylic acid groups (broad SMARTS) is 1. The maximum atomic E-state index is 15.2. The molecular formula is C29H37FN6O5. The number of nitrogens with zero attached hydrogens (tertiary/aromatic N) is 6. The van der Waals surface area contributed by atoms with E-state index < -0.39 is 12.3 Å². The maximum absolute atomic E-state index is 15.2. The number of hydrogen-bond donors (Lipinski definition) is 1. The van der Waals surface area contributed by atoms with Crippen LogP contribution in [0.15, 0.2) is 24.4 Å². The molecule has 1 amide bonds. The summed E-state index contributed by atoms with van der Waals surface area (Å²) in [6.45, 7) is 7.30. The molecule has 3 aromatic rings. The van der Waals surface area contributed by atoms with Gasteiger partial charge in [0.15, 0.2) is 12.1 Å². The van der Waals surface area contributed by atoms with E-state index in [0.29, 0.717) is 37.8 Å². The molecule has 41 heavy (non-hydrogen) atoms. The number of benzene rings is 1. The lowest BCUT2D eigenvalue weighted by molar-refractivity contribution is -0.171. The highest BCUT2D eigenvalue weighted by molar-refractivity contribution is 5.82. The van der Waals surface area contributed by atoms with Crippen LogP contribution in [0.5, 0.6) is 0 Å². The molecule has 0 spiro atoms. The third-order valence-electron chi connectivity index (χ3n) is 8.25. The number of hydrogen-bond acceptors (Lipinski definition) is 8. The summed E-state index contributed by atoms with van der Waals surface area (Å²) in [4.78, 5) is 23.9. The third-order valence-corrected chi connectivity index (χ3v) is 8.25. The highest BCUT2D eigenvalue weighted by atomic mass is 19.1. The van der Waals surface area contributed by atoms with Crippen molar-refractivity contribution < 1.29 is 28.5 Å². The molecule has 1 N–H and O–H groups in total. The average Bonchev–Trinajstić information content (AvgIpc) is 3.34. The first-order valence-corrected chi connectivity index (χ1v) is 14.4. The molecule has 220 valence electrons. The van der Waals surface area contributed by atoms with Crippen molar-refractivity contribution in [3.05, 3.63) is 41.3 Å². The highest BCUT2D eigenvalue weighted by Gasteiger charge is 2.34. The SMILES string of the molecule is Cc1nc(N2CC(OCCOC3CCCCO3)C2)cc(-n2ncc3cc(C)c(C4CCN(C(=O)O)CC4F)cc32)n1. The fourth-order valence-corrected chi connectivity index (χ4v) is 5.99. The van der Waals surface area contributed by atoms with Crippen LogP contribution in [0.4, 0.5) is 15.0 Å². The Hall–Kier alpha value is -3.35. The molecule has 0 aliphatic carbocycles. The molecule has 3 fully saturated rings. The van der Waals surface area contributed by atoms with Gasteiger partial charge in [-0.15, -0.1) is 0 Å². The number of aromatic nitrogens is 4. The Bertz CT molecular complexity index is 1390. The van der Waals surface area contributed by atoms with E-state index in [2.05, 4.69) is 20.0 Å². The van der Waals surface area contributed by atoms with E-state index >= 15 is 4.39 Å². The molecule has 12 heteroatoms. The van der Waals surface area contributed by atoms with Crippen LogP contribution in [0.2, 0.25) is 0 Å². The molecule has 3 aliphatic heterocycles. The highest BCUT2D eigenvalue weighted by Crippen LogP contribution is 2.35. The van der Waals surface area contributed by atoms with Crippen LogP contribution < -0.4 is 4.90 Å². The summed E-state index contributed by atoms with van der Waals surface area (Å²) in [7, 11) is 0. The Balaban J connectivity index is 1.13. The maximum Gasteiger partial charge on any atom is 0.407 e. The van der Waals surface area contributed by atoms with Crippen LogP contribution in [0.3, 0.4) is 0 Å². The monoisotopic (exact) mass is 568 g/mol. The number of piperidine rings is 1. The lowest BCUT2D eigenvalue weighted by Crippen LogP contribution is -2.53. The van der Waals surface area contributed by atoms with Gasteiger partial charge in [-0.05, 0) is 62.8 Å². The summed E-state index contributed by atoms with van der Waals surface area (Å²) >= 11 is 0. The standard InChI is InChI=1S/C29H37FN6O5/c1-18-11-20-14-31-36(25(20)12-23(18)22-6-7-34(29(37)38)17-24(22)30)27-13-26(32-19(2)33-27)35-15-21(16-35)39-9-10-41-28-5-3-4-8-40-28/h11-14,21-22,24,28H,3-10,15-17H2,1-2H3,(H,37,38). The van der Waals surface area contributed by atoms with Gasteiger partial charge in [0, 0.05) is 43.6 Å². The Morgan fingerprint density at radius 3 is 2.63 bits per heavy atom. The number of fused-ring (bicyclic) bond motifs is 1. The topological polar surface area (TPSA) is 115 Å². The molecule has 1 aromatic carbocycles. The number of carbonyl (C=O) groups is 1. The summed E-state index contributed by atoms with van der Waals surface area (Å²) in [6.07, 6.45) is 3.08. The van der Waals surface area contributed by atoms with E-state index in [-0.39, 0.29) is 24.9 Å². The number of alkyl halides is 1. The van der Waals surface area contributed by atoms with Crippen LogP contribution in [0, 0.1) is 13.8 Å². The van der Waals surface area contributed by atoms with E-state index in [1.807, 2.05) is 32.0 Å². The third kappa shape index (κ3) is 6.00. The predicted molar refractivity (Wildman–Crippen MR) is 149 cm³/mol. The van der Waals surface area contributed by atoms with Crippen LogP contribution in [-0.4, -0.2) is 100 Å². The molecule has 0 radical (unpaired) electrons. The first-order valence-electron chi connectivity index (χ1n) is 14.4. The molecule has 0 bridgehead atoms. The van der Waals surface area contributed by atoms with Gasteiger partial charge >= 0.3 is 6.09 Å². The second-order valence-electron chi connectivity index (χ2n) is 11.2. The Morgan fingerprint density at radius 1 is 1.07 bits per heavy atom. The van der Waals surface area contributed by atoms with Crippen molar-refractivity contribution in [2.45, 2.75) is 64.0 Å². The lowest BCUT2D eigenvalue weighted by atomic mass is 9.85. The van der Waals surface area contributed by atoms with E-state index in [9.17, 15) is 9.90 Å². The fourth-order valence-electron chi connectivity index (χ4n) is 5.99. The second kappa shape index (κ2) is 11.9. The van der Waals surface area contributed by atoms with Gasteiger partial charge in [0.2, 0.25) is 0 Å². The minimum atomic E-state index is -1.27. The van der Waals surface area contributed by atoms with Gasteiger partial charge in [-0.1, -0.05) is 0 Å². The molecule has 5 heterocycles. The summed E-state index contributed by atoms with van der Waals surface area (Å²) in [6, 6.07) is 5.92. The van der Waals surface area contributed by atoms with Crippen molar-refractivity contribution in [1.82, 2.24) is 24.6 Å². The van der Waals surface area contributed by atoms with Gasteiger partial charge in [0.1, 0.15) is 17.8 Å². The lowest BCUT2D eigenvalue weighted by Gasteiger charge is -2.40. The molecular weight excluding hydrogens is 531 g/mol. The Labute approximate surface area is 238 Å². The van der Waals surface area contributed by atoms with Gasteiger partial charge in [0.25, 0.3) is 0 Å². The number of aryl methyl sites for hydroxylation is 2. The molecule has 3 aliphatic rings. The molecule has 6 rings (SSSR count). The van der Waals surface area contributed by atoms with Crippen LogP contribution in [0.1, 0.15) is 48.6 Å². The Morgan fingerprint density at radius 2 is 1.88 bits per heavy atom. The van der Waals surface area contributed by atoms with Gasteiger partial charge in [-0.25, -0.2) is 23.8 Å². The van der Waals surface area contributed by atoms with Crippen molar-refractivity contribution in [2.24, 2.45) is 0 Å². The van der Waals surface area contributed by atoms with E-state index in [4.69, 9.17) is 14.2 Å². The zero-order valence-corrected chi connectivity index (χ0v) is 23.5. The number of ether oxygens (including phenoxy) is 3. The van der Waals surface area contributed by atoms with E-state index in [1.54, 1.807) is 10.9 Å². The molecule has 3 saturated heterocycles. The first kappa shape index (κ1) is 27.8. The van der Waals surface area contributed by atoms with Crippen molar-refractivity contribution in [3.8, 4) is 5.82 Å². The normalized spacial score (nSPS) is 23.6. The summed E-state index contributed by atoms with van der Waals surface area (Å²) in [5, 5.41) is 14.8. The number of anilines is 1. The first-order chi connectivity index (χ1) is 19.9. The number of halogens is 1. The fraction of sp³-hybridized carbons (Fsp3) is 0.586. The molecule has 3 unspecified atom stereocenters. The zero-order chi connectivity index (χ0) is 28.5. The van der Waals surface area contributed by atoms with Gasteiger partial charge in [-0.2, -0.15) is 5.10 Å².